The molecule has 4 heteroatoms. The van der Waals surface area contributed by atoms with Crippen LogP contribution in [0.15, 0.2) is 34.4 Å². The van der Waals surface area contributed by atoms with E-state index in [1.807, 2.05) is 6.08 Å². The molecule has 0 aromatic heterocycles. The van der Waals surface area contributed by atoms with Crippen molar-refractivity contribution in [2.24, 2.45) is 5.73 Å². The molecule has 4 N–H and O–H groups in total. The average molecular weight is 221 g/mol. The van der Waals surface area contributed by atoms with Crippen molar-refractivity contribution < 1.29 is 0 Å². The molecule has 80 valence electrons. The van der Waals surface area contributed by atoms with E-state index in [4.69, 9.17) is 11.1 Å². The third kappa shape index (κ3) is 2.16. The maximum atomic E-state index is 7.72. The van der Waals surface area contributed by atoms with E-state index in [-0.39, 0.29) is 0 Å². The number of rotatable bonds is 1. The van der Waals surface area contributed by atoms with Crippen LogP contribution in [0, 0.1) is 5.41 Å². The number of hydrogen-bond donors (Lipinski definition) is 3. The normalized spacial score (nSPS) is 29.3. The van der Waals surface area contributed by atoms with Gasteiger partial charge in [0.05, 0.1) is 0 Å². The van der Waals surface area contributed by atoms with E-state index in [1.54, 1.807) is 0 Å². The second-order valence-corrected chi connectivity index (χ2v) is 4.80. The first-order valence-electron chi connectivity index (χ1n) is 5.05. The Morgan fingerprint density at radius 2 is 2.47 bits per heavy atom. The van der Waals surface area contributed by atoms with Crippen molar-refractivity contribution in [3.8, 4) is 0 Å². The lowest BCUT2D eigenvalue weighted by Crippen LogP contribution is -2.29. The Kier molecular flexibility index (Phi) is 2.98. The Bertz CT molecular complexity index is 379. The van der Waals surface area contributed by atoms with Crippen molar-refractivity contribution in [2.45, 2.75) is 19.4 Å². The van der Waals surface area contributed by atoms with Crippen LogP contribution < -0.4 is 11.1 Å². The Hall–Kier alpha value is -1.000. The zero-order chi connectivity index (χ0) is 10.8. The van der Waals surface area contributed by atoms with Gasteiger partial charge in [-0.05, 0) is 31.5 Å². The average Bonchev–Trinajstić information content (AvgIpc) is 2.60. The second-order valence-electron chi connectivity index (χ2n) is 3.75. The Balaban J connectivity index is 2.23. The summed E-state index contributed by atoms with van der Waals surface area (Å²) in [6, 6.07) is 0.426. The zero-order valence-electron chi connectivity index (χ0n) is 8.71. The Morgan fingerprint density at radius 1 is 1.67 bits per heavy atom. The maximum absolute atomic E-state index is 7.72. The van der Waals surface area contributed by atoms with E-state index in [9.17, 15) is 0 Å². The molecule has 2 heterocycles. The largest absolute Gasteiger partial charge is 0.404 e. The second kappa shape index (κ2) is 4.24. The van der Waals surface area contributed by atoms with E-state index < -0.39 is 0 Å². The third-order valence-electron chi connectivity index (χ3n) is 2.57. The molecule has 0 aromatic rings. The highest BCUT2D eigenvalue weighted by Crippen LogP contribution is 2.37. The molecule has 0 fully saturated rings. The molecular weight excluding hydrogens is 206 g/mol. The summed E-state index contributed by atoms with van der Waals surface area (Å²) < 4.78 is 0. The van der Waals surface area contributed by atoms with E-state index in [0.29, 0.717) is 11.1 Å². The first-order valence-corrected chi connectivity index (χ1v) is 5.87. The molecule has 0 saturated heterocycles. The fraction of sp³-hybridized carbons (Fsp3) is 0.364. The van der Waals surface area contributed by atoms with Gasteiger partial charge in [-0.3, -0.25) is 5.41 Å². The van der Waals surface area contributed by atoms with Gasteiger partial charge in [-0.25, -0.2) is 0 Å². The molecule has 2 aliphatic rings. The molecule has 0 saturated carbocycles. The SMILES string of the molecule is CC1C=C(C2=C/C(=C/N)C(=N)S2)CCN1. The lowest BCUT2D eigenvalue weighted by Gasteiger charge is -2.19. The minimum absolute atomic E-state index is 0.426. The van der Waals surface area contributed by atoms with Crippen molar-refractivity contribution in [3.63, 3.8) is 0 Å². The molecule has 3 nitrogen and oxygen atoms in total. The number of allylic oxidation sites excluding steroid dienone is 2. The molecule has 0 spiro atoms. The van der Waals surface area contributed by atoms with Crippen molar-refractivity contribution in [2.75, 3.05) is 6.54 Å². The predicted molar refractivity (Wildman–Crippen MR) is 65.8 cm³/mol. The first kappa shape index (κ1) is 10.5. The van der Waals surface area contributed by atoms with Crippen LogP contribution in [-0.4, -0.2) is 17.6 Å². The van der Waals surface area contributed by atoms with E-state index >= 15 is 0 Å². The minimum atomic E-state index is 0.426. The summed E-state index contributed by atoms with van der Waals surface area (Å²) >= 11 is 1.51. The Labute approximate surface area is 94.0 Å². The van der Waals surface area contributed by atoms with Crippen LogP contribution in [0.3, 0.4) is 0 Å². The highest BCUT2D eigenvalue weighted by Gasteiger charge is 2.21. The minimum Gasteiger partial charge on any atom is -0.404 e. The molecule has 1 atom stereocenters. The van der Waals surface area contributed by atoms with Gasteiger partial charge in [0.15, 0.2) is 0 Å². The van der Waals surface area contributed by atoms with Crippen molar-refractivity contribution >= 4 is 16.8 Å². The van der Waals surface area contributed by atoms with Gasteiger partial charge in [0.2, 0.25) is 0 Å². The molecule has 2 aliphatic heterocycles. The van der Waals surface area contributed by atoms with Gasteiger partial charge < -0.3 is 11.1 Å². The van der Waals surface area contributed by atoms with Gasteiger partial charge in [0.25, 0.3) is 0 Å². The highest BCUT2D eigenvalue weighted by atomic mass is 32.2. The van der Waals surface area contributed by atoms with Gasteiger partial charge >= 0.3 is 0 Å². The summed E-state index contributed by atoms with van der Waals surface area (Å²) in [5.41, 5.74) is 7.63. The van der Waals surface area contributed by atoms with E-state index in [0.717, 1.165) is 18.5 Å². The maximum Gasteiger partial charge on any atom is 0.101 e. The van der Waals surface area contributed by atoms with Crippen molar-refractivity contribution in [1.82, 2.24) is 5.32 Å². The van der Waals surface area contributed by atoms with Gasteiger partial charge in [-0.1, -0.05) is 17.8 Å². The summed E-state index contributed by atoms with van der Waals surface area (Å²) in [6.07, 6.45) is 6.79. The van der Waals surface area contributed by atoms with Crippen LogP contribution in [0.1, 0.15) is 13.3 Å². The molecule has 2 rings (SSSR count). The van der Waals surface area contributed by atoms with E-state index in [2.05, 4.69) is 18.3 Å². The molecule has 1 unspecified atom stereocenters. The monoisotopic (exact) mass is 221 g/mol. The van der Waals surface area contributed by atoms with Crippen LogP contribution in [-0.2, 0) is 0 Å². The lowest BCUT2D eigenvalue weighted by atomic mass is 10.0. The van der Waals surface area contributed by atoms with Crippen LogP contribution in [0.2, 0.25) is 0 Å². The number of thioether (sulfide) groups is 1. The van der Waals surface area contributed by atoms with Crippen LogP contribution in [0.4, 0.5) is 0 Å². The van der Waals surface area contributed by atoms with Crippen molar-refractivity contribution in [3.05, 3.63) is 34.4 Å². The summed E-state index contributed by atoms with van der Waals surface area (Å²) in [5.74, 6) is 0. The lowest BCUT2D eigenvalue weighted by molar-refractivity contribution is 0.602. The van der Waals surface area contributed by atoms with Crippen LogP contribution in [0.25, 0.3) is 0 Å². The smallest absolute Gasteiger partial charge is 0.101 e. The van der Waals surface area contributed by atoms with Gasteiger partial charge in [-0.2, -0.15) is 0 Å². The number of nitrogens with one attached hydrogen (secondary N) is 2. The fourth-order valence-electron chi connectivity index (χ4n) is 1.77. The standard InChI is InChI=1S/C11H15N3S/c1-7-4-8(2-3-14-7)10-5-9(6-12)11(13)15-10/h4-7,13-14H,2-3,12H2,1H3/b9-6-,13-11?. The fourth-order valence-corrected chi connectivity index (χ4v) is 2.72. The molecule has 0 aliphatic carbocycles. The quantitative estimate of drug-likeness (QED) is 0.632. The molecule has 15 heavy (non-hydrogen) atoms. The van der Waals surface area contributed by atoms with Gasteiger partial charge in [0.1, 0.15) is 5.04 Å². The van der Waals surface area contributed by atoms with Crippen LogP contribution in [0.5, 0.6) is 0 Å². The zero-order valence-corrected chi connectivity index (χ0v) is 9.53. The summed E-state index contributed by atoms with van der Waals surface area (Å²) in [4.78, 5) is 1.19. The Morgan fingerprint density at radius 3 is 3.07 bits per heavy atom. The van der Waals surface area contributed by atoms with Crippen LogP contribution >= 0.6 is 11.8 Å². The first-order chi connectivity index (χ1) is 7.20. The summed E-state index contributed by atoms with van der Waals surface area (Å²) in [6.45, 7) is 3.16. The number of nitrogens with two attached hydrogens (primary N) is 1. The summed E-state index contributed by atoms with van der Waals surface area (Å²) in [7, 11) is 0. The van der Waals surface area contributed by atoms with Crippen molar-refractivity contribution in [1.29, 1.82) is 5.41 Å². The molecule has 0 radical (unpaired) electrons. The third-order valence-corrected chi connectivity index (χ3v) is 3.61. The van der Waals surface area contributed by atoms with E-state index in [1.165, 1.54) is 28.4 Å². The molecule has 0 bridgehead atoms. The topological polar surface area (TPSA) is 61.9 Å². The molecule has 0 amide bonds. The van der Waals surface area contributed by atoms with Gasteiger partial charge in [-0.15, -0.1) is 0 Å². The summed E-state index contributed by atoms with van der Waals surface area (Å²) in [5, 5.41) is 11.6. The molecule has 0 aromatic carbocycles. The predicted octanol–water partition coefficient (Wildman–Crippen LogP) is 1.75. The van der Waals surface area contributed by atoms with Gasteiger partial charge in [0, 0.05) is 22.7 Å². The number of hydrogen-bond acceptors (Lipinski definition) is 4. The highest BCUT2D eigenvalue weighted by molar-refractivity contribution is 8.18. The molecular formula is C11H15N3S.